The Hall–Kier alpha value is -3.09. The lowest BCUT2D eigenvalue weighted by atomic mass is 10.1. The summed E-state index contributed by atoms with van der Waals surface area (Å²) in [6.07, 6.45) is 4.65. The van der Waals surface area contributed by atoms with Crippen LogP contribution in [0.4, 0.5) is 0 Å². The van der Waals surface area contributed by atoms with Crippen molar-refractivity contribution in [2.45, 2.75) is 45.3 Å². The number of carboxylic acids is 1. The summed E-state index contributed by atoms with van der Waals surface area (Å²) in [7, 11) is 1.60. The molecule has 7 heteroatoms. The first kappa shape index (κ1) is 19.7. The lowest BCUT2D eigenvalue weighted by Gasteiger charge is -2.17. The lowest BCUT2D eigenvalue weighted by Crippen LogP contribution is -2.24. The van der Waals surface area contributed by atoms with Crippen molar-refractivity contribution in [3.8, 4) is 11.5 Å². The van der Waals surface area contributed by atoms with Crippen LogP contribution in [0.25, 0.3) is 0 Å². The average Bonchev–Trinajstić information content (AvgIpc) is 3.19. The number of carboxylic acid groups (broad SMARTS) is 1. The smallest absolute Gasteiger partial charge is 0.337 e. The van der Waals surface area contributed by atoms with Crippen molar-refractivity contribution >= 4 is 11.9 Å². The quantitative estimate of drug-likeness (QED) is 0.760. The molecule has 1 amide bonds. The van der Waals surface area contributed by atoms with Gasteiger partial charge in [-0.3, -0.25) is 4.79 Å². The molecule has 7 nitrogen and oxygen atoms in total. The van der Waals surface area contributed by atoms with Crippen LogP contribution < -0.4 is 14.8 Å². The van der Waals surface area contributed by atoms with Crippen LogP contribution in [-0.2, 0) is 6.54 Å². The zero-order chi connectivity index (χ0) is 20.1. The highest BCUT2D eigenvalue weighted by Crippen LogP contribution is 2.32. The van der Waals surface area contributed by atoms with Crippen molar-refractivity contribution in [3.05, 3.63) is 52.8 Å². The predicted octanol–water partition coefficient (Wildman–Crippen LogP) is 3.35. The van der Waals surface area contributed by atoms with Crippen LogP contribution >= 0.6 is 0 Å². The van der Waals surface area contributed by atoms with Gasteiger partial charge < -0.3 is 19.9 Å². The zero-order valence-corrected chi connectivity index (χ0v) is 16.0. The van der Waals surface area contributed by atoms with Gasteiger partial charge in [0.1, 0.15) is 5.69 Å². The molecule has 0 aliphatic heterocycles. The monoisotopic (exact) mass is 384 g/mol. The third-order valence-corrected chi connectivity index (χ3v) is 4.83. The van der Waals surface area contributed by atoms with E-state index in [0.717, 1.165) is 18.4 Å². The summed E-state index contributed by atoms with van der Waals surface area (Å²) >= 11 is 0. The molecule has 1 aromatic carbocycles. The van der Waals surface area contributed by atoms with Gasteiger partial charge in [-0.2, -0.15) is 0 Å². The summed E-state index contributed by atoms with van der Waals surface area (Å²) in [6, 6.07) is 8.38. The minimum Gasteiger partial charge on any atom is -0.493 e. The van der Waals surface area contributed by atoms with Gasteiger partial charge >= 0.3 is 5.97 Å². The fraction of sp³-hybridized carbons (Fsp3) is 0.381. The first-order valence-corrected chi connectivity index (χ1v) is 9.30. The van der Waals surface area contributed by atoms with Gasteiger partial charge in [-0.25, -0.2) is 9.78 Å². The first-order chi connectivity index (χ1) is 13.5. The molecule has 0 unspecified atom stereocenters. The summed E-state index contributed by atoms with van der Waals surface area (Å²) < 4.78 is 11.5. The highest BCUT2D eigenvalue weighted by molar-refractivity contribution is 5.94. The van der Waals surface area contributed by atoms with Gasteiger partial charge in [0, 0.05) is 6.54 Å². The third-order valence-electron chi connectivity index (χ3n) is 4.83. The lowest BCUT2D eigenvalue weighted by molar-refractivity contribution is 0.0694. The van der Waals surface area contributed by atoms with Crippen molar-refractivity contribution < 1.29 is 24.2 Å². The number of ether oxygens (including phenoxy) is 2. The van der Waals surface area contributed by atoms with Crippen LogP contribution in [-0.4, -0.2) is 35.2 Å². The largest absolute Gasteiger partial charge is 0.493 e. The Morgan fingerprint density at radius 1 is 1.18 bits per heavy atom. The molecule has 1 fully saturated rings. The molecule has 0 spiro atoms. The van der Waals surface area contributed by atoms with Crippen LogP contribution in [0.1, 0.15) is 57.8 Å². The number of carbonyl (C=O) groups is 2. The molecular formula is C21H24N2O5. The van der Waals surface area contributed by atoms with Crippen LogP contribution in [0, 0.1) is 6.92 Å². The number of hydrogen-bond donors (Lipinski definition) is 2. The molecule has 0 radical (unpaired) electrons. The zero-order valence-electron chi connectivity index (χ0n) is 16.0. The van der Waals surface area contributed by atoms with E-state index in [1.165, 1.54) is 25.0 Å². The Morgan fingerprint density at radius 2 is 1.93 bits per heavy atom. The minimum absolute atomic E-state index is 0.0837. The number of methoxy groups -OCH3 is 1. The highest BCUT2D eigenvalue weighted by Gasteiger charge is 2.19. The Kier molecular flexibility index (Phi) is 6.13. The first-order valence-electron chi connectivity index (χ1n) is 9.30. The normalized spacial score (nSPS) is 13.9. The molecule has 0 saturated heterocycles. The second kappa shape index (κ2) is 8.73. The van der Waals surface area contributed by atoms with Crippen molar-refractivity contribution in [3.63, 3.8) is 0 Å². The molecule has 0 atom stereocenters. The van der Waals surface area contributed by atoms with Crippen molar-refractivity contribution in [1.29, 1.82) is 0 Å². The number of benzene rings is 1. The fourth-order valence-electron chi connectivity index (χ4n) is 3.30. The standard InChI is InChI=1S/C21H24N2O5/c1-13-16(21(25)26)8-9-17(23-13)20(24)22-12-14-7-10-18(27-2)19(11-14)28-15-5-3-4-6-15/h7-11,15H,3-6,12H2,1-2H3,(H,22,24)(H,25,26). The van der Waals surface area contributed by atoms with E-state index >= 15 is 0 Å². The Labute approximate surface area is 163 Å². The Morgan fingerprint density at radius 3 is 2.57 bits per heavy atom. The van der Waals surface area contributed by atoms with Gasteiger partial charge in [0.2, 0.25) is 0 Å². The van der Waals surface area contributed by atoms with E-state index in [-0.39, 0.29) is 23.3 Å². The number of nitrogens with one attached hydrogen (secondary N) is 1. The summed E-state index contributed by atoms with van der Waals surface area (Å²) in [5, 5.41) is 11.9. The summed E-state index contributed by atoms with van der Waals surface area (Å²) in [4.78, 5) is 27.5. The molecule has 1 heterocycles. The van der Waals surface area contributed by atoms with Gasteiger partial charge in [0.15, 0.2) is 11.5 Å². The van der Waals surface area contributed by atoms with Gasteiger partial charge in [-0.15, -0.1) is 0 Å². The molecular weight excluding hydrogens is 360 g/mol. The topological polar surface area (TPSA) is 97.8 Å². The number of carbonyl (C=O) groups excluding carboxylic acids is 1. The van der Waals surface area contributed by atoms with E-state index in [1.807, 2.05) is 18.2 Å². The molecule has 2 N–H and O–H groups in total. The molecule has 28 heavy (non-hydrogen) atoms. The van der Waals surface area contributed by atoms with Gasteiger partial charge in [-0.1, -0.05) is 6.07 Å². The highest BCUT2D eigenvalue weighted by atomic mass is 16.5. The summed E-state index contributed by atoms with van der Waals surface area (Å²) in [5.74, 6) is -0.0800. The van der Waals surface area contributed by atoms with E-state index in [9.17, 15) is 9.59 Å². The third kappa shape index (κ3) is 4.60. The molecule has 0 bridgehead atoms. The molecule has 3 rings (SSSR count). The number of amides is 1. The van der Waals surface area contributed by atoms with Crippen molar-refractivity contribution in [1.82, 2.24) is 10.3 Å². The number of aryl methyl sites for hydroxylation is 1. The second-order valence-corrected chi connectivity index (χ2v) is 6.83. The molecule has 148 valence electrons. The van der Waals surface area contributed by atoms with Crippen LogP contribution in [0.5, 0.6) is 11.5 Å². The predicted molar refractivity (Wildman–Crippen MR) is 103 cm³/mol. The minimum atomic E-state index is -1.06. The van der Waals surface area contributed by atoms with Gasteiger partial charge in [0.05, 0.1) is 24.5 Å². The maximum absolute atomic E-state index is 12.4. The molecule has 2 aromatic rings. The van der Waals surface area contributed by atoms with Crippen LogP contribution in [0.15, 0.2) is 30.3 Å². The Balaban J connectivity index is 1.67. The molecule has 1 saturated carbocycles. The molecule has 1 aromatic heterocycles. The van der Waals surface area contributed by atoms with E-state index in [4.69, 9.17) is 14.6 Å². The fourth-order valence-corrected chi connectivity index (χ4v) is 3.30. The number of rotatable bonds is 7. The van der Waals surface area contributed by atoms with Gasteiger partial charge in [0.25, 0.3) is 5.91 Å². The van der Waals surface area contributed by atoms with Crippen LogP contribution in [0.3, 0.4) is 0 Å². The number of nitrogens with zero attached hydrogens (tertiary/aromatic N) is 1. The van der Waals surface area contributed by atoms with E-state index < -0.39 is 5.97 Å². The van der Waals surface area contributed by atoms with Gasteiger partial charge in [-0.05, 0) is 62.4 Å². The van der Waals surface area contributed by atoms with E-state index in [1.54, 1.807) is 14.0 Å². The Bertz CT molecular complexity index is 875. The van der Waals surface area contributed by atoms with Crippen molar-refractivity contribution in [2.24, 2.45) is 0 Å². The molecule has 1 aliphatic carbocycles. The number of aromatic nitrogens is 1. The summed E-state index contributed by atoms with van der Waals surface area (Å²) in [6.45, 7) is 1.86. The molecule has 1 aliphatic rings. The van der Waals surface area contributed by atoms with E-state index in [0.29, 0.717) is 23.7 Å². The van der Waals surface area contributed by atoms with Crippen molar-refractivity contribution in [2.75, 3.05) is 7.11 Å². The summed E-state index contributed by atoms with van der Waals surface area (Å²) in [5.41, 5.74) is 1.44. The average molecular weight is 384 g/mol. The van der Waals surface area contributed by atoms with E-state index in [2.05, 4.69) is 10.3 Å². The maximum atomic E-state index is 12.4. The maximum Gasteiger partial charge on any atom is 0.337 e. The number of pyridine rings is 1. The second-order valence-electron chi connectivity index (χ2n) is 6.83. The number of hydrogen-bond acceptors (Lipinski definition) is 5. The van der Waals surface area contributed by atoms with Crippen LogP contribution in [0.2, 0.25) is 0 Å². The SMILES string of the molecule is COc1ccc(CNC(=O)c2ccc(C(=O)O)c(C)n2)cc1OC1CCCC1. The number of aromatic carboxylic acids is 1.